The lowest BCUT2D eigenvalue weighted by molar-refractivity contribution is 1.03. The number of anilines is 3. The molecule has 3 N–H and O–H groups in total. The van der Waals surface area contributed by atoms with E-state index in [-0.39, 0.29) is 0 Å². The van der Waals surface area contributed by atoms with Crippen molar-refractivity contribution in [1.82, 2.24) is 24.6 Å². The molecule has 0 amide bonds. The average Bonchev–Trinajstić information content (AvgIpc) is 3.26. The normalized spacial score (nSPS) is 11.0. The maximum absolute atomic E-state index is 4.63. The summed E-state index contributed by atoms with van der Waals surface area (Å²) in [6.45, 7) is 2.69. The molecule has 0 spiro atoms. The van der Waals surface area contributed by atoms with E-state index in [0.717, 1.165) is 29.5 Å². The van der Waals surface area contributed by atoms with Crippen LogP contribution in [0.2, 0.25) is 0 Å². The van der Waals surface area contributed by atoms with Crippen LogP contribution in [0.3, 0.4) is 0 Å². The van der Waals surface area contributed by atoms with Crippen LogP contribution in [-0.2, 0) is 6.54 Å². The highest BCUT2D eigenvalue weighted by Crippen LogP contribution is 2.19. The molecule has 0 aliphatic carbocycles. The number of H-pyrrole nitrogens is 1. The maximum atomic E-state index is 4.63. The van der Waals surface area contributed by atoms with Crippen molar-refractivity contribution in [2.45, 2.75) is 13.5 Å². The van der Waals surface area contributed by atoms with Gasteiger partial charge in [-0.2, -0.15) is 10.1 Å². The zero-order valence-electron chi connectivity index (χ0n) is 12.4. The van der Waals surface area contributed by atoms with Gasteiger partial charge in [0.15, 0.2) is 5.82 Å². The van der Waals surface area contributed by atoms with Crippen LogP contribution in [0.1, 0.15) is 10.6 Å². The predicted octanol–water partition coefficient (Wildman–Crippen LogP) is 3.18. The second-order valence-electron chi connectivity index (χ2n) is 5.11. The number of imidazole rings is 1. The monoisotopic (exact) mass is 325 g/mol. The Balaban J connectivity index is 1.63. The molecule has 0 saturated carbocycles. The van der Waals surface area contributed by atoms with Gasteiger partial charge in [-0.25, -0.2) is 4.98 Å². The Morgan fingerprint density at radius 2 is 2.26 bits per heavy atom. The number of fused-ring (bicyclic) bond motifs is 1. The number of hydrogen-bond acceptors (Lipinski definition) is 6. The van der Waals surface area contributed by atoms with Gasteiger partial charge in [0.05, 0.1) is 6.54 Å². The van der Waals surface area contributed by atoms with Crippen molar-refractivity contribution in [3.05, 3.63) is 52.6 Å². The number of aryl methyl sites for hydroxylation is 1. The Morgan fingerprint density at radius 3 is 3.04 bits per heavy atom. The fourth-order valence-electron chi connectivity index (χ4n) is 2.29. The molecule has 0 unspecified atom stereocenters. The third-order valence-corrected chi connectivity index (χ3v) is 4.24. The van der Waals surface area contributed by atoms with E-state index in [1.807, 2.05) is 35.7 Å². The molecule has 116 valence electrons. The van der Waals surface area contributed by atoms with Gasteiger partial charge in [-0.3, -0.25) is 9.50 Å². The lowest BCUT2D eigenvalue weighted by atomic mass is 10.4. The number of aromatic amines is 1. The highest BCUT2D eigenvalue weighted by molar-refractivity contribution is 7.09. The second kappa shape index (κ2) is 5.73. The second-order valence-corrected chi connectivity index (χ2v) is 6.15. The van der Waals surface area contributed by atoms with Gasteiger partial charge >= 0.3 is 0 Å². The first-order valence-corrected chi connectivity index (χ1v) is 8.05. The van der Waals surface area contributed by atoms with Crippen molar-refractivity contribution < 1.29 is 0 Å². The molecule has 23 heavy (non-hydrogen) atoms. The minimum Gasteiger partial charge on any atom is -0.365 e. The Bertz CT molecular complexity index is 923. The fourth-order valence-corrected chi connectivity index (χ4v) is 2.93. The summed E-state index contributed by atoms with van der Waals surface area (Å²) in [5, 5.41) is 15.7. The molecule has 0 radical (unpaired) electrons. The third kappa shape index (κ3) is 2.88. The summed E-state index contributed by atoms with van der Waals surface area (Å²) in [6, 6.07) is 7.99. The molecule has 0 aliphatic rings. The number of thiophene rings is 1. The molecule has 4 rings (SSSR count). The van der Waals surface area contributed by atoms with E-state index in [1.54, 1.807) is 17.5 Å². The van der Waals surface area contributed by atoms with Crippen LogP contribution in [-0.4, -0.2) is 24.6 Å². The molecular formula is C15H15N7S. The minimum absolute atomic E-state index is 0.667. The first-order valence-electron chi connectivity index (χ1n) is 7.17. The van der Waals surface area contributed by atoms with Gasteiger partial charge in [0.25, 0.3) is 0 Å². The van der Waals surface area contributed by atoms with Crippen LogP contribution in [0.25, 0.3) is 5.65 Å². The molecule has 0 fully saturated rings. The molecule has 4 aromatic rings. The molecule has 7 nitrogen and oxygen atoms in total. The quantitative estimate of drug-likeness (QED) is 0.525. The van der Waals surface area contributed by atoms with Crippen molar-refractivity contribution in [3.8, 4) is 0 Å². The Kier molecular flexibility index (Phi) is 3.43. The van der Waals surface area contributed by atoms with Crippen LogP contribution < -0.4 is 10.6 Å². The number of nitrogens with one attached hydrogen (secondary N) is 3. The summed E-state index contributed by atoms with van der Waals surface area (Å²) >= 11 is 1.72. The number of aromatic nitrogens is 5. The van der Waals surface area contributed by atoms with E-state index in [2.05, 4.69) is 42.2 Å². The van der Waals surface area contributed by atoms with Crippen LogP contribution in [0, 0.1) is 6.92 Å². The summed E-state index contributed by atoms with van der Waals surface area (Å²) in [5.41, 5.74) is 1.81. The highest BCUT2D eigenvalue weighted by atomic mass is 32.1. The van der Waals surface area contributed by atoms with Crippen LogP contribution in [0.15, 0.2) is 42.0 Å². The van der Waals surface area contributed by atoms with Crippen molar-refractivity contribution >= 4 is 34.6 Å². The largest absolute Gasteiger partial charge is 0.365 e. The van der Waals surface area contributed by atoms with E-state index in [1.165, 1.54) is 4.88 Å². The minimum atomic E-state index is 0.667. The zero-order chi connectivity index (χ0) is 15.6. The van der Waals surface area contributed by atoms with Crippen LogP contribution in [0.5, 0.6) is 0 Å². The molecule has 0 aliphatic heterocycles. The van der Waals surface area contributed by atoms with E-state index in [9.17, 15) is 0 Å². The molecule has 8 heteroatoms. The first kappa shape index (κ1) is 13.8. The predicted molar refractivity (Wildman–Crippen MR) is 91.2 cm³/mol. The lowest BCUT2D eigenvalue weighted by Crippen LogP contribution is -2.06. The summed E-state index contributed by atoms with van der Waals surface area (Å²) in [7, 11) is 0. The van der Waals surface area contributed by atoms with Gasteiger partial charge in [-0.15, -0.1) is 11.3 Å². The van der Waals surface area contributed by atoms with E-state index in [4.69, 9.17) is 0 Å². The lowest BCUT2D eigenvalue weighted by Gasteiger charge is -2.09. The molecule has 0 atom stereocenters. The number of hydrogen-bond donors (Lipinski definition) is 3. The summed E-state index contributed by atoms with van der Waals surface area (Å²) in [4.78, 5) is 10.2. The van der Waals surface area contributed by atoms with Crippen molar-refractivity contribution in [1.29, 1.82) is 0 Å². The summed E-state index contributed by atoms with van der Waals surface area (Å²) in [5.74, 6) is 2.16. The summed E-state index contributed by atoms with van der Waals surface area (Å²) in [6.07, 6.45) is 3.62. The van der Waals surface area contributed by atoms with Gasteiger partial charge < -0.3 is 10.6 Å². The first-order chi connectivity index (χ1) is 11.3. The smallest absolute Gasteiger partial charge is 0.216 e. The standard InChI is InChI=1S/C15H15N7S/c1-10-7-13(21-20-10)19-15-18-12(8-14-16-4-5-22(14)15)17-9-11-3-2-6-23-11/h2-8,17H,9H2,1H3,(H2,18,19,20,21). The average molecular weight is 325 g/mol. The number of nitrogens with zero attached hydrogens (tertiary/aromatic N) is 4. The fraction of sp³-hybridized carbons (Fsp3) is 0.133. The van der Waals surface area contributed by atoms with E-state index < -0.39 is 0 Å². The Morgan fingerprint density at radius 1 is 1.30 bits per heavy atom. The molecule has 4 aromatic heterocycles. The van der Waals surface area contributed by atoms with Gasteiger partial charge in [-0.1, -0.05) is 6.07 Å². The van der Waals surface area contributed by atoms with Crippen molar-refractivity contribution in [2.75, 3.05) is 10.6 Å². The van der Waals surface area contributed by atoms with Gasteiger partial charge in [0.1, 0.15) is 11.5 Å². The van der Waals surface area contributed by atoms with Gasteiger partial charge in [-0.05, 0) is 18.4 Å². The van der Waals surface area contributed by atoms with Gasteiger partial charge in [0, 0.05) is 35.1 Å². The Hall–Kier alpha value is -2.87. The molecule has 0 bridgehead atoms. The molecule has 0 aromatic carbocycles. The van der Waals surface area contributed by atoms with Crippen LogP contribution in [0.4, 0.5) is 17.6 Å². The van der Waals surface area contributed by atoms with Gasteiger partial charge in [0.2, 0.25) is 5.95 Å². The molecule has 0 saturated heterocycles. The molecular weight excluding hydrogens is 310 g/mol. The topological polar surface area (TPSA) is 82.9 Å². The maximum Gasteiger partial charge on any atom is 0.216 e. The van der Waals surface area contributed by atoms with Crippen molar-refractivity contribution in [2.24, 2.45) is 0 Å². The molecule has 4 heterocycles. The highest BCUT2D eigenvalue weighted by Gasteiger charge is 2.08. The Labute approximate surface area is 136 Å². The number of rotatable bonds is 5. The van der Waals surface area contributed by atoms with Crippen LogP contribution >= 0.6 is 11.3 Å². The van der Waals surface area contributed by atoms with E-state index >= 15 is 0 Å². The third-order valence-electron chi connectivity index (χ3n) is 3.36. The summed E-state index contributed by atoms with van der Waals surface area (Å²) < 4.78 is 1.89. The SMILES string of the molecule is Cc1cc(Nc2nc(NCc3cccs3)cc3nccn23)n[nH]1. The van der Waals surface area contributed by atoms with Crippen molar-refractivity contribution in [3.63, 3.8) is 0 Å². The zero-order valence-corrected chi connectivity index (χ0v) is 13.3. The van der Waals surface area contributed by atoms with E-state index in [0.29, 0.717) is 5.95 Å².